The Morgan fingerprint density at radius 3 is 2.68 bits per heavy atom. The molecule has 0 saturated carbocycles. The topological polar surface area (TPSA) is 95.9 Å². The molecule has 1 aliphatic heterocycles. The van der Waals surface area contributed by atoms with Crippen LogP contribution < -0.4 is 5.32 Å². The molecule has 0 bridgehead atoms. The second kappa shape index (κ2) is 12.7. The van der Waals surface area contributed by atoms with Crippen molar-refractivity contribution in [2.24, 2.45) is 0 Å². The molecule has 0 radical (unpaired) electrons. The standard InChI is InChI=1S/C26H29FN2O5S3/c1-26(2,3)34-24(33)28-14-16-8-9-18(27)12-20(16)17-11-19(36-15-17)13-21-23(32)29(25(35)37-21)10-6-4-5-7-22(30)31/h8-9,11-13,15H,4-7,10,14H2,1-3H3,(H,28,33)(H,30,31). The first-order chi connectivity index (χ1) is 17.4. The van der Waals surface area contributed by atoms with E-state index in [9.17, 15) is 18.8 Å². The lowest BCUT2D eigenvalue weighted by molar-refractivity contribution is -0.137. The van der Waals surface area contributed by atoms with E-state index >= 15 is 0 Å². The minimum Gasteiger partial charge on any atom is -0.481 e. The van der Waals surface area contributed by atoms with Crippen LogP contribution in [0.1, 0.15) is 56.9 Å². The number of amides is 2. The van der Waals surface area contributed by atoms with Crippen LogP contribution >= 0.6 is 35.3 Å². The van der Waals surface area contributed by atoms with Gasteiger partial charge in [-0.1, -0.05) is 36.5 Å². The Bertz CT molecular complexity index is 1220. The molecular formula is C26H29FN2O5S3. The number of aliphatic carboxylic acids is 1. The normalized spacial score (nSPS) is 14.9. The summed E-state index contributed by atoms with van der Waals surface area (Å²) in [6, 6.07) is 6.26. The van der Waals surface area contributed by atoms with Crippen LogP contribution in [-0.4, -0.2) is 44.4 Å². The van der Waals surface area contributed by atoms with E-state index < -0.39 is 23.5 Å². The zero-order valence-electron chi connectivity index (χ0n) is 20.8. The molecule has 2 heterocycles. The summed E-state index contributed by atoms with van der Waals surface area (Å²) in [5.41, 5.74) is 1.51. The average molecular weight is 565 g/mol. The van der Waals surface area contributed by atoms with Crippen molar-refractivity contribution in [1.29, 1.82) is 0 Å². The number of carboxylic acid groups (broad SMARTS) is 1. The summed E-state index contributed by atoms with van der Waals surface area (Å²) in [5, 5.41) is 13.3. The van der Waals surface area contributed by atoms with Gasteiger partial charge < -0.3 is 15.2 Å². The van der Waals surface area contributed by atoms with Crippen LogP contribution in [0.15, 0.2) is 34.6 Å². The first-order valence-electron chi connectivity index (χ1n) is 11.7. The third kappa shape index (κ3) is 8.65. The van der Waals surface area contributed by atoms with Crippen molar-refractivity contribution in [3.8, 4) is 11.1 Å². The third-order valence-electron chi connectivity index (χ3n) is 5.24. The van der Waals surface area contributed by atoms with Crippen LogP contribution in [0.2, 0.25) is 0 Å². The number of halogens is 1. The summed E-state index contributed by atoms with van der Waals surface area (Å²) in [5.74, 6) is -1.39. The van der Waals surface area contributed by atoms with Crippen LogP contribution in [-0.2, 0) is 20.9 Å². The Labute approximate surface area is 229 Å². The van der Waals surface area contributed by atoms with Crippen molar-refractivity contribution in [3.63, 3.8) is 0 Å². The van der Waals surface area contributed by atoms with E-state index in [4.69, 9.17) is 22.1 Å². The number of alkyl carbamates (subject to hydrolysis) is 1. The van der Waals surface area contributed by atoms with Gasteiger partial charge in [0.2, 0.25) is 0 Å². The van der Waals surface area contributed by atoms with E-state index in [-0.39, 0.29) is 18.9 Å². The molecule has 2 amide bonds. The summed E-state index contributed by atoms with van der Waals surface area (Å²) in [6.45, 7) is 5.95. The number of hydrogen-bond acceptors (Lipinski definition) is 7. The Morgan fingerprint density at radius 2 is 1.97 bits per heavy atom. The highest BCUT2D eigenvalue weighted by Gasteiger charge is 2.31. The Balaban J connectivity index is 1.68. The van der Waals surface area contributed by atoms with Gasteiger partial charge in [-0.2, -0.15) is 0 Å². The van der Waals surface area contributed by atoms with E-state index in [1.807, 2.05) is 11.4 Å². The number of thiocarbonyl (C=S) groups is 1. The molecule has 37 heavy (non-hydrogen) atoms. The number of nitrogens with one attached hydrogen (secondary N) is 1. The molecule has 0 atom stereocenters. The van der Waals surface area contributed by atoms with E-state index in [0.29, 0.717) is 40.6 Å². The Hall–Kier alpha value is -2.76. The van der Waals surface area contributed by atoms with Gasteiger partial charge in [0.05, 0.1) is 4.91 Å². The molecule has 2 aromatic rings. The van der Waals surface area contributed by atoms with Crippen molar-refractivity contribution < 1.29 is 28.6 Å². The van der Waals surface area contributed by atoms with E-state index in [1.165, 1.54) is 35.2 Å². The zero-order chi connectivity index (χ0) is 27.2. The first kappa shape index (κ1) is 28.8. The fraction of sp³-hybridized carbons (Fsp3) is 0.385. The van der Waals surface area contributed by atoms with E-state index in [0.717, 1.165) is 16.0 Å². The minimum atomic E-state index is -0.825. The highest BCUT2D eigenvalue weighted by atomic mass is 32.2. The summed E-state index contributed by atoms with van der Waals surface area (Å²) < 4.78 is 19.9. The summed E-state index contributed by atoms with van der Waals surface area (Å²) >= 11 is 8.02. The van der Waals surface area contributed by atoms with Crippen LogP contribution in [0, 0.1) is 5.82 Å². The summed E-state index contributed by atoms with van der Waals surface area (Å²) in [7, 11) is 0. The first-order valence-corrected chi connectivity index (χ1v) is 13.8. The third-order valence-corrected chi connectivity index (χ3v) is 7.50. The number of thioether (sulfide) groups is 1. The molecule has 0 unspecified atom stereocenters. The average Bonchev–Trinajstić information content (AvgIpc) is 3.36. The predicted octanol–water partition coefficient (Wildman–Crippen LogP) is 6.43. The zero-order valence-corrected chi connectivity index (χ0v) is 23.3. The number of carbonyl (C=O) groups excluding carboxylic acids is 2. The van der Waals surface area contributed by atoms with Gasteiger partial charge >= 0.3 is 12.1 Å². The molecule has 1 fully saturated rings. The maximum absolute atomic E-state index is 14.1. The SMILES string of the molecule is CC(C)(C)OC(=O)NCc1ccc(F)cc1-c1csc(C=C2SC(=S)N(CCCCCC(=O)O)C2=O)c1. The Kier molecular flexibility index (Phi) is 9.86. The summed E-state index contributed by atoms with van der Waals surface area (Å²) in [4.78, 5) is 38.4. The molecule has 198 valence electrons. The summed E-state index contributed by atoms with van der Waals surface area (Å²) in [6.07, 6.45) is 3.27. The molecule has 0 spiro atoms. The van der Waals surface area contributed by atoms with Crippen LogP contribution in [0.25, 0.3) is 17.2 Å². The molecule has 3 rings (SSSR count). The van der Waals surface area contributed by atoms with Gasteiger partial charge in [-0.3, -0.25) is 14.5 Å². The number of rotatable bonds is 10. The fourth-order valence-corrected chi connectivity index (χ4v) is 5.78. The van der Waals surface area contributed by atoms with Crippen molar-refractivity contribution in [1.82, 2.24) is 10.2 Å². The van der Waals surface area contributed by atoms with E-state index in [1.54, 1.807) is 37.8 Å². The van der Waals surface area contributed by atoms with Crippen molar-refractivity contribution in [2.75, 3.05) is 6.54 Å². The van der Waals surface area contributed by atoms with Crippen LogP contribution in [0.4, 0.5) is 9.18 Å². The number of thiophene rings is 1. The van der Waals surface area contributed by atoms with Crippen LogP contribution in [0.3, 0.4) is 0 Å². The fourth-order valence-electron chi connectivity index (χ4n) is 3.57. The van der Waals surface area contributed by atoms with Crippen molar-refractivity contribution in [2.45, 2.75) is 58.6 Å². The number of carbonyl (C=O) groups is 3. The lowest BCUT2D eigenvalue weighted by Gasteiger charge is -2.20. The molecule has 1 aromatic carbocycles. The second-order valence-electron chi connectivity index (χ2n) is 9.43. The number of ether oxygens (including phenoxy) is 1. The van der Waals surface area contributed by atoms with Crippen molar-refractivity contribution >= 4 is 63.7 Å². The highest BCUT2D eigenvalue weighted by molar-refractivity contribution is 8.26. The monoisotopic (exact) mass is 564 g/mol. The van der Waals surface area contributed by atoms with Crippen molar-refractivity contribution in [3.05, 3.63) is 50.8 Å². The molecule has 0 aliphatic carbocycles. The Morgan fingerprint density at radius 1 is 1.22 bits per heavy atom. The number of carboxylic acids is 1. The number of nitrogens with zero attached hydrogens (tertiary/aromatic N) is 1. The highest BCUT2D eigenvalue weighted by Crippen LogP contribution is 2.36. The molecule has 1 aromatic heterocycles. The molecule has 1 aliphatic rings. The van der Waals surface area contributed by atoms with Gasteiger partial charge in [0.1, 0.15) is 15.7 Å². The van der Waals surface area contributed by atoms with E-state index in [2.05, 4.69) is 5.32 Å². The molecule has 2 N–H and O–H groups in total. The quantitative estimate of drug-likeness (QED) is 0.195. The molecule has 7 nitrogen and oxygen atoms in total. The lowest BCUT2D eigenvalue weighted by atomic mass is 10.0. The number of benzene rings is 1. The maximum Gasteiger partial charge on any atom is 0.407 e. The largest absolute Gasteiger partial charge is 0.481 e. The number of hydrogen-bond donors (Lipinski definition) is 2. The second-order valence-corrected chi connectivity index (χ2v) is 12.1. The maximum atomic E-state index is 14.1. The van der Waals surface area contributed by atoms with Gasteiger partial charge in [0, 0.05) is 24.4 Å². The smallest absolute Gasteiger partial charge is 0.407 e. The van der Waals surface area contributed by atoms with Gasteiger partial charge in [-0.05, 0) is 80.0 Å². The van der Waals surface area contributed by atoms with Crippen LogP contribution in [0.5, 0.6) is 0 Å². The number of unbranched alkanes of at least 4 members (excludes halogenated alkanes) is 2. The predicted molar refractivity (Wildman–Crippen MR) is 149 cm³/mol. The lowest BCUT2D eigenvalue weighted by Crippen LogP contribution is -2.32. The molecule has 1 saturated heterocycles. The minimum absolute atomic E-state index is 0.114. The van der Waals surface area contributed by atoms with Gasteiger partial charge in [-0.25, -0.2) is 9.18 Å². The van der Waals surface area contributed by atoms with Gasteiger partial charge in [0.15, 0.2) is 0 Å². The molecular weight excluding hydrogens is 535 g/mol. The van der Waals surface area contributed by atoms with Gasteiger partial charge in [0.25, 0.3) is 5.91 Å². The van der Waals surface area contributed by atoms with Gasteiger partial charge in [-0.15, -0.1) is 11.3 Å². The molecule has 11 heteroatoms.